The highest BCUT2D eigenvalue weighted by Crippen LogP contribution is 2.33. The highest BCUT2D eigenvalue weighted by Gasteiger charge is 2.24. The van der Waals surface area contributed by atoms with Gasteiger partial charge < -0.3 is 10.7 Å². The molecule has 0 saturated heterocycles. The van der Waals surface area contributed by atoms with Crippen molar-refractivity contribution in [2.75, 3.05) is 11.9 Å². The van der Waals surface area contributed by atoms with Crippen LogP contribution in [-0.2, 0) is 4.79 Å². The van der Waals surface area contributed by atoms with E-state index in [1.807, 2.05) is 19.1 Å². The topological polar surface area (TPSA) is 53.2 Å². The Balaban J connectivity index is 1.74. The van der Waals surface area contributed by atoms with Gasteiger partial charge in [-0.1, -0.05) is 24.3 Å². The van der Waals surface area contributed by atoms with Gasteiger partial charge in [-0.2, -0.15) is 0 Å². The molecule has 1 aliphatic carbocycles. The molecule has 3 N–H and O–H groups in total. The van der Waals surface area contributed by atoms with Crippen LogP contribution in [0.3, 0.4) is 0 Å². The van der Waals surface area contributed by atoms with Crippen molar-refractivity contribution in [3.05, 3.63) is 41.6 Å². The predicted octanol–water partition coefficient (Wildman–Crippen LogP) is 2.26. The molecule has 1 aromatic carbocycles. The van der Waals surface area contributed by atoms with Gasteiger partial charge in [0.1, 0.15) is 0 Å². The lowest BCUT2D eigenvalue weighted by atomic mass is 10.1. The zero-order valence-corrected chi connectivity index (χ0v) is 11.5. The summed E-state index contributed by atoms with van der Waals surface area (Å²) in [6.07, 6.45) is 2.34. The molecule has 0 aliphatic heterocycles. The van der Waals surface area contributed by atoms with E-state index >= 15 is 0 Å². The first-order valence-electron chi connectivity index (χ1n) is 6.61. The van der Waals surface area contributed by atoms with Crippen LogP contribution in [0.4, 0.5) is 5.69 Å². The number of carbonyl (C=O) groups is 1. The number of aryl methyl sites for hydroxylation is 2. The van der Waals surface area contributed by atoms with Crippen LogP contribution in [0.5, 0.6) is 0 Å². The number of hydrazine groups is 1. The summed E-state index contributed by atoms with van der Waals surface area (Å²) in [5.41, 5.74) is 9.77. The molecule has 1 fully saturated rings. The number of benzene rings is 1. The second-order valence-electron chi connectivity index (χ2n) is 5.14. The van der Waals surface area contributed by atoms with Crippen molar-refractivity contribution < 1.29 is 4.79 Å². The van der Waals surface area contributed by atoms with Crippen LogP contribution in [0.25, 0.3) is 0 Å². The number of rotatable bonds is 6. The molecule has 4 heteroatoms. The van der Waals surface area contributed by atoms with E-state index < -0.39 is 0 Å². The lowest BCUT2D eigenvalue weighted by molar-refractivity contribution is -0.120. The molecule has 0 unspecified atom stereocenters. The quantitative estimate of drug-likeness (QED) is 0.687. The lowest BCUT2D eigenvalue weighted by Crippen LogP contribution is -2.40. The second-order valence-corrected chi connectivity index (χ2v) is 5.14. The molecule has 1 saturated carbocycles. The van der Waals surface area contributed by atoms with Gasteiger partial charge in [-0.05, 0) is 44.2 Å². The number of allylic oxidation sites excluding steroid dienone is 1. The molecule has 0 bridgehead atoms. The molecule has 4 nitrogen and oxygen atoms in total. The molecular weight excluding hydrogens is 238 g/mol. The molecular formula is C15H21N3O. The first-order chi connectivity index (χ1) is 9.06. The van der Waals surface area contributed by atoms with Gasteiger partial charge in [-0.3, -0.25) is 10.2 Å². The van der Waals surface area contributed by atoms with Gasteiger partial charge in [0.15, 0.2) is 0 Å². The smallest absolute Gasteiger partial charge is 0.257 e. The van der Waals surface area contributed by atoms with Crippen LogP contribution in [0.1, 0.15) is 24.0 Å². The Morgan fingerprint density at radius 1 is 1.32 bits per heavy atom. The van der Waals surface area contributed by atoms with E-state index in [9.17, 15) is 4.79 Å². The van der Waals surface area contributed by atoms with Gasteiger partial charge in [0.05, 0.1) is 6.54 Å². The van der Waals surface area contributed by atoms with Gasteiger partial charge >= 0.3 is 0 Å². The molecule has 2 rings (SSSR count). The monoisotopic (exact) mass is 259 g/mol. The fourth-order valence-corrected chi connectivity index (χ4v) is 1.92. The van der Waals surface area contributed by atoms with Crippen molar-refractivity contribution in [2.45, 2.75) is 26.7 Å². The van der Waals surface area contributed by atoms with Crippen molar-refractivity contribution >= 4 is 11.6 Å². The summed E-state index contributed by atoms with van der Waals surface area (Å²) >= 11 is 0. The first kappa shape index (κ1) is 13.5. The maximum absolute atomic E-state index is 11.7. The third-order valence-electron chi connectivity index (χ3n) is 3.25. The number of nitrogens with one attached hydrogen (secondary N) is 3. The summed E-state index contributed by atoms with van der Waals surface area (Å²) in [4.78, 5) is 11.7. The van der Waals surface area contributed by atoms with Crippen molar-refractivity contribution in [1.29, 1.82) is 0 Å². The minimum absolute atomic E-state index is 0.0956. The SMILES string of the molecule is C=C(NNC(=O)CNc1ccc(C)cc1C)C1CC1. The van der Waals surface area contributed by atoms with Crippen LogP contribution in [0.15, 0.2) is 30.5 Å². The van der Waals surface area contributed by atoms with Gasteiger partial charge in [-0.15, -0.1) is 0 Å². The largest absolute Gasteiger partial charge is 0.376 e. The fourth-order valence-electron chi connectivity index (χ4n) is 1.92. The molecule has 0 spiro atoms. The first-order valence-corrected chi connectivity index (χ1v) is 6.61. The van der Waals surface area contributed by atoms with Crippen LogP contribution in [0, 0.1) is 19.8 Å². The van der Waals surface area contributed by atoms with Gasteiger partial charge in [-0.25, -0.2) is 0 Å². The zero-order valence-electron chi connectivity index (χ0n) is 11.5. The van der Waals surface area contributed by atoms with Crippen molar-refractivity contribution in [1.82, 2.24) is 10.9 Å². The summed E-state index contributed by atoms with van der Waals surface area (Å²) in [6.45, 7) is 8.21. The maximum Gasteiger partial charge on any atom is 0.257 e. The van der Waals surface area contributed by atoms with E-state index in [0.717, 1.165) is 16.9 Å². The van der Waals surface area contributed by atoms with E-state index in [4.69, 9.17) is 0 Å². The minimum atomic E-state index is -0.0956. The molecule has 1 aromatic rings. The van der Waals surface area contributed by atoms with Crippen LogP contribution < -0.4 is 16.2 Å². The predicted molar refractivity (Wildman–Crippen MR) is 77.5 cm³/mol. The minimum Gasteiger partial charge on any atom is -0.376 e. The average Bonchev–Trinajstić information content (AvgIpc) is 3.19. The number of carbonyl (C=O) groups excluding carboxylic acids is 1. The Morgan fingerprint density at radius 3 is 2.68 bits per heavy atom. The van der Waals surface area contributed by atoms with Crippen LogP contribution in [0.2, 0.25) is 0 Å². The molecule has 19 heavy (non-hydrogen) atoms. The number of amides is 1. The Labute approximate surface area is 114 Å². The van der Waals surface area contributed by atoms with E-state index in [-0.39, 0.29) is 12.5 Å². The summed E-state index contributed by atoms with van der Waals surface area (Å²) in [5, 5.41) is 3.13. The van der Waals surface area contributed by atoms with E-state index in [1.165, 1.54) is 18.4 Å². The van der Waals surface area contributed by atoms with Crippen LogP contribution >= 0.6 is 0 Å². The highest BCUT2D eigenvalue weighted by atomic mass is 16.2. The Hall–Kier alpha value is -1.97. The summed E-state index contributed by atoms with van der Waals surface area (Å²) in [6, 6.07) is 6.11. The number of hydrogen-bond acceptors (Lipinski definition) is 3. The maximum atomic E-state index is 11.7. The third-order valence-corrected chi connectivity index (χ3v) is 3.25. The van der Waals surface area contributed by atoms with E-state index in [0.29, 0.717) is 5.92 Å². The second kappa shape index (κ2) is 5.78. The highest BCUT2D eigenvalue weighted by molar-refractivity contribution is 5.80. The lowest BCUT2D eigenvalue weighted by Gasteiger charge is -2.12. The van der Waals surface area contributed by atoms with Crippen molar-refractivity contribution in [2.24, 2.45) is 5.92 Å². The number of anilines is 1. The summed E-state index contributed by atoms with van der Waals surface area (Å²) in [5.74, 6) is 0.439. The molecule has 1 amide bonds. The van der Waals surface area contributed by atoms with E-state index in [1.54, 1.807) is 0 Å². The summed E-state index contributed by atoms with van der Waals surface area (Å²) in [7, 11) is 0. The van der Waals surface area contributed by atoms with Crippen molar-refractivity contribution in [3.8, 4) is 0 Å². The molecule has 102 valence electrons. The molecule has 1 aliphatic rings. The average molecular weight is 259 g/mol. The van der Waals surface area contributed by atoms with Crippen LogP contribution in [-0.4, -0.2) is 12.5 Å². The Bertz CT molecular complexity index is 492. The third kappa shape index (κ3) is 4.02. The van der Waals surface area contributed by atoms with Gasteiger partial charge in [0.25, 0.3) is 5.91 Å². The van der Waals surface area contributed by atoms with Crippen molar-refractivity contribution in [3.63, 3.8) is 0 Å². The van der Waals surface area contributed by atoms with Gasteiger partial charge in [0, 0.05) is 11.4 Å². The Kier molecular flexibility index (Phi) is 4.10. The summed E-state index contributed by atoms with van der Waals surface area (Å²) < 4.78 is 0. The molecule has 0 radical (unpaired) electrons. The number of hydrogen-bond donors (Lipinski definition) is 3. The normalized spacial score (nSPS) is 13.8. The van der Waals surface area contributed by atoms with E-state index in [2.05, 4.69) is 35.7 Å². The Morgan fingerprint density at radius 2 is 2.05 bits per heavy atom. The fraction of sp³-hybridized carbons (Fsp3) is 0.400. The molecule has 0 aromatic heterocycles. The molecule has 0 atom stereocenters. The van der Waals surface area contributed by atoms with Gasteiger partial charge in [0.2, 0.25) is 0 Å². The standard InChI is InChI=1S/C15H21N3O/c1-10-4-7-14(11(2)8-10)16-9-15(19)18-17-12(3)13-5-6-13/h4,7-8,13,16-17H,3,5-6,9H2,1-2H3,(H,18,19). The molecule has 0 heterocycles. The zero-order chi connectivity index (χ0) is 13.8.